The van der Waals surface area contributed by atoms with Crippen LogP contribution in [-0.4, -0.2) is 40.5 Å². The number of hydrogen-bond donors (Lipinski definition) is 1. The zero-order valence-corrected chi connectivity index (χ0v) is 13.3. The summed E-state index contributed by atoms with van der Waals surface area (Å²) >= 11 is 0. The summed E-state index contributed by atoms with van der Waals surface area (Å²) in [5, 5.41) is 10.7. The van der Waals surface area contributed by atoms with Crippen LogP contribution < -0.4 is 5.32 Å². The summed E-state index contributed by atoms with van der Waals surface area (Å²) in [6, 6.07) is -0.517. The first-order valence-corrected chi connectivity index (χ1v) is 7.22. The fourth-order valence-corrected chi connectivity index (χ4v) is 1.91. The number of rotatable bonds is 7. The summed E-state index contributed by atoms with van der Waals surface area (Å²) < 4.78 is 6.21. The molecule has 0 saturated heterocycles. The van der Waals surface area contributed by atoms with E-state index in [9.17, 15) is 9.59 Å². The van der Waals surface area contributed by atoms with E-state index in [0.717, 1.165) is 6.42 Å². The van der Waals surface area contributed by atoms with E-state index < -0.39 is 12.0 Å². The highest BCUT2D eigenvalue weighted by molar-refractivity contribution is 5.88. The van der Waals surface area contributed by atoms with Gasteiger partial charge in [0.1, 0.15) is 6.04 Å². The third-order valence-electron chi connectivity index (χ3n) is 3.09. The molecule has 7 nitrogen and oxygen atoms in total. The minimum Gasteiger partial charge on any atom is -0.464 e. The third kappa shape index (κ3) is 4.27. The van der Waals surface area contributed by atoms with Crippen LogP contribution in [0.25, 0.3) is 0 Å². The maximum atomic E-state index is 12.1. The Morgan fingerprint density at radius 3 is 2.52 bits per heavy atom. The number of methoxy groups -OCH3 is 1. The van der Waals surface area contributed by atoms with Crippen LogP contribution in [0.5, 0.6) is 0 Å². The summed E-state index contributed by atoms with van der Waals surface area (Å²) in [5.74, 6) is -0.292. The lowest BCUT2D eigenvalue weighted by atomic mass is 10.2. The van der Waals surface area contributed by atoms with Crippen molar-refractivity contribution >= 4 is 11.9 Å². The Morgan fingerprint density at radius 2 is 2.00 bits per heavy atom. The number of amides is 1. The summed E-state index contributed by atoms with van der Waals surface area (Å²) in [5.41, 5.74) is 0.819. The molecule has 1 aromatic rings. The topological polar surface area (TPSA) is 86.1 Å². The number of aromatic nitrogens is 3. The van der Waals surface area contributed by atoms with Crippen LogP contribution in [-0.2, 0) is 16.0 Å². The van der Waals surface area contributed by atoms with Crippen molar-refractivity contribution in [1.29, 1.82) is 0 Å². The van der Waals surface area contributed by atoms with Gasteiger partial charge in [-0.15, -0.1) is 5.10 Å². The van der Waals surface area contributed by atoms with Gasteiger partial charge in [0.15, 0.2) is 5.69 Å². The molecule has 0 aliphatic carbocycles. The molecular weight excluding hydrogens is 272 g/mol. The van der Waals surface area contributed by atoms with Gasteiger partial charge in [0, 0.05) is 6.54 Å². The molecule has 1 rings (SSSR count). The van der Waals surface area contributed by atoms with E-state index >= 15 is 0 Å². The number of esters is 1. The van der Waals surface area contributed by atoms with E-state index in [4.69, 9.17) is 4.74 Å². The largest absolute Gasteiger partial charge is 0.464 e. The van der Waals surface area contributed by atoms with E-state index in [0.29, 0.717) is 24.6 Å². The molecule has 0 saturated carbocycles. The van der Waals surface area contributed by atoms with Gasteiger partial charge in [-0.25, -0.2) is 9.48 Å². The second kappa shape index (κ2) is 7.75. The second-order valence-electron chi connectivity index (χ2n) is 5.39. The molecule has 1 aromatic heterocycles. The SMILES string of the molecule is CCCc1c(C(=O)OC)nnn1C(C)C(=O)NCC(C)C. The van der Waals surface area contributed by atoms with Crippen molar-refractivity contribution in [1.82, 2.24) is 20.3 Å². The van der Waals surface area contributed by atoms with Gasteiger partial charge in [-0.1, -0.05) is 32.4 Å². The van der Waals surface area contributed by atoms with Crippen LogP contribution in [0.1, 0.15) is 56.3 Å². The number of ether oxygens (including phenoxy) is 1. The fraction of sp³-hybridized carbons (Fsp3) is 0.714. The van der Waals surface area contributed by atoms with Gasteiger partial charge in [0.2, 0.25) is 5.91 Å². The fourth-order valence-electron chi connectivity index (χ4n) is 1.91. The van der Waals surface area contributed by atoms with Gasteiger partial charge in [-0.3, -0.25) is 4.79 Å². The highest BCUT2D eigenvalue weighted by Gasteiger charge is 2.25. The monoisotopic (exact) mass is 296 g/mol. The molecule has 0 fully saturated rings. The summed E-state index contributed by atoms with van der Waals surface area (Å²) in [6.07, 6.45) is 1.43. The Kier molecular flexibility index (Phi) is 6.33. The van der Waals surface area contributed by atoms with Crippen molar-refractivity contribution < 1.29 is 14.3 Å². The molecule has 1 heterocycles. The van der Waals surface area contributed by atoms with Crippen molar-refractivity contribution in [3.63, 3.8) is 0 Å². The van der Waals surface area contributed by atoms with E-state index in [1.165, 1.54) is 11.8 Å². The minimum absolute atomic E-state index is 0.137. The average Bonchev–Trinajstić information content (AvgIpc) is 2.87. The average molecular weight is 296 g/mol. The Bertz CT molecular complexity index is 496. The highest BCUT2D eigenvalue weighted by atomic mass is 16.5. The van der Waals surface area contributed by atoms with Crippen LogP contribution in [0.4, 0.5) is 0 Å². The highest BCUT2D eigenvalue weighted by Crippen LogP contribution is 2.15. The molecular formula is C14H24N4O3. The minimum atomic E-state index is -0.528. The number of carbonyl (C=O) groups excluding carboxylic acids is 2. The van der Waals surface area contributed by atoms with Gasteiger partial charge < -0.3 is 10.1 Å². The maximum absolute atomic E-state index is 12.1. The molecule has 118 valence electrons. The molecule has 1 amide bonds. The van der Waals surface area contributed by atoms with Crippen molar-refractivity contribution in [3.05, 3.63) is 11.4 Å². The Hall–Kier alpha value is -1.92. The van der Waals surface area contributed by atoms with E-state index in [1.54, 1.807) is 6.92 Å². The van der Waals surface area contributed by atoms with Gasteiger partial charge in [-0.2, -0.15) is 0 Å². The van der Waals surface area contributed by atoms with Crippen molar-refractivity contribution in [2.45, 2.75) is 46.6 Å². The first kappa shape index (κ1) is 17.1. The zero-order chi connectivity index (χ0) is 16.0. The van der Waals surface area contributed by atoms with Gasteiger partial charge >= 0.3 is 5.97 Å². The molecule has 0 aromatic carbocycles. The quantitative estimate of drug-likeness (QED) is 0.768. The van der Waals surface area contributed by atoms with Crippen molar-refractivity contribution in [3.8, 4) is 0 Å². The number of nitrogens with zero attached hydrogens (tertiary/aromatic N) is 3. The summed E-state index contributed by atoms with van der Waals surface area (Å²) in [6.45, 7) is 8.38. The molecule has 1 atom stereocenters. The first-order valence-electron chi connectivity index (χ1n) is 7.22. The molecule has 7 heteroatoms. The van der Waals surface area contributed by atoms with Crippen molar-refractivity contribution in [2.75, 3.05) is 13.7 Å². The molecule has 0 radical (unpaired) electrons. The van der Waals surface area contributed by atoms with Crippen LogP contribution in [0.3, 0.4) is 0 Å². The first-order chi connectivity index (χ1) is 9.92. The molecule has 21 heavy (non-hydrogen) atoms. The Labute approximate surface area is 125 Å². The predicted octanol–water partition coefficient (Wildman–Crippen LogP) is 1.35. The van der Waals surface area contributed by atoms with Crippen LogP contribution in [0.15, 0.2) is 0 Å². The Balaban J connectivity index is 2.98. The maximum Gasteiger partial charge on any atom is 0.360 e. The third-order valence-corrected chi connectivity index (χ3v) is 3.09. The molecule has 1 unspecified atom stereocenters. The van der Waals surface area contributed by atoms with E-state index in [-0.39, 0.29) is 11.6 Å². The van der Waals surface area contributed by atoms with Crippen LogP contribution in [0.2, 0.25) is 0 Å². The molecule has 0 spiro atoms. The number of carbonyl (C=O) groups is 2. The number of hydrogen-bond acceptors (Lipinski definition) is 5. The second-order valence-corrected chi connectivity index (χ2v) is 5.39. The van der Waals surface area contributed by atoms with Gasteiger partial charge in [0.05, 0.1) is 12.8 Å². The normalized spacial score (nSPS) is 12.3. The van der Waals surface area contributed by atoms with E-state index in [1.807, 2.05) is 20.8 Å². The zero-order valence-electron chi connectivity index (χ0n) is 13.3. The van der Waals surface area contributed by atoms with Crippen LogP contribution >= 0.6 is 0 Å². The lowest BCUT2D eigenvalue weighted by Gasteiger charge is -2.16. The van der Waals surface area contributed by atoms with Crippen LogP contribution in [0, 0.1) is 5.92 Å². The lowest BCUT2D eigenvalue weighted by Crippen LogP contribution is -2.34. The molecule has 0 aliphatic rings. The molecule has 1 N–H and O–H groups in total. The lowest BCUT2D eigenvalue weighted by molar-refractivity contribution is -0.124. The van der Waals surface area contributed by atoms with Gasteiger partial charge in [0.25, 0.3) is 0 Å². The summed E-state index contributed by atoms with van der Waals surface area (Å²) in [7, 11) is 1.30. The van der Waals surface area contributed by atoms with Crippen molar-refractivity contribution in [2.24, 2.45) is 5.92 Å². The molecule has 0 aliphatic heterocycles. The standard InChI is InChI=1S/C14H24N4O3/c1-6-7-11-12(14(20)21-5)16-17-18(11)10(4)13(19)15-8-9(2)3/h9-10H,6-8H2,1-5H3,(H,15,19). The Morgan fingerprint density at radius 1 is 1.33 bits per heavy atom. The van der Waals surface area contributed by atoms with Gasteiger partial charge in [-0.05, 0) is 19.3 Å². The van der Waals surface area contributed by atoms with E-state index in [2.05, 4.69) is 15.6 Å². The number of nitrogens with one attached hydrogen (secondary N) is 1. The summed E-state index contributed by atoms with van der Waals surface area (Å²) in [4.78, 5) is 23.8. The molecule has 0 bridgehead atoms. The smallest absolute Gasteiger partial charge is 0.360 e. The predicted molar refractivity (Wildman–Crippen MR) is 77.9 cm³/mol.